The van der Waals surface area contributed by atoms with Gasteiger partial charge in [0.2, 0.25) is 0 Å². The first-order chi connectivity index (χ1) is 9.66. The lowest BCUT2D eigenvalue weighted by Gasteiger charge is -2.04. The third-order valence-electron chi connectivity index (χ3n) is 3.49. The molecular weight excluding hydrogens is 248 g/mol. The van der Waals surface area contributed by atoms with Gasteiger partial charge >= 0.3 is 0 Å². The summed E-state index contributed by atoms with van der Waals surface area (Å²) < 4.78 is 1.59. The van der Waals surface area contributed by atoms with E-state index in [1.807, 2.05) is 62.4 Å². The summed E-state index contributed by atoms with van der Waals surface area (Å²) in [5, 5.41) is 3.05. The summed E-state index contributed by atoms with van der Waals surface area (Å²) >= 11 is 0. The van der Waals surface area contributed by atoms with Crippen LogP contribution >= 0.6 is 0 Å². The molecule has 0 unspecified atom stereocenters. The molecule has 0 fully saturated rings. The summed E-state index contributed by atoms with van der Waals surface area (Å²) in [7, 11) is 0. The highest BCUT2D eigenvalue weighted by Crippen LogP contribution is 2.17. The molecule has 0 aliphatic carbocycles. The molecule has 100 valence electrons. The first-order valence-corrected chi connectivity index (χ1v) is 6.60. The van der Waals surface area contributed by atoms with Crippen molar-refractivity contribution in [2.45, 2.75) is 13.8 Å². The Labute approximate surface area is 117 Å². The third-order valence-corrected chi connectivity index (χ3v) is 3.49. The van der Waals surface area contributed by atoms with Gasteiger partial charge in [0, 0.05) is 6.20 Å². The minimum atomic E-state index is -0.0249. The monoisotopic (exact) mass is 264 g/mol. The van der Waals surface area contributed by atoms with Crippen LogP contribution in [0.25, 0.3) is 16.8 Å². The maximum atomic E-state index is 12.5. The highest BCUT2D eigenvalue weighted by atomic mass is 16.1. The smallest absolute Gasteiger partial charge is 0.279 e. The van der Waals surface area contributed by atoms with E-state index in [-0.39, 0.29) is 5.56 Å². The van der Waals surface area contributed by atoms with Crippen LogP contribution in [0.15, 0.2) is 59.5 Å². The summed E-state index contributed by atoms with van der Waals surface area (Å²) in [4.78, 5) is 12.5. The van der Waals surface area contributed by atoms with Gasteiger partial charge < -0.3 is 0 Å². The molecule has 0 aliphatic heterocycles. The van der Waals surface area contributed by atoms with E-state index in [0.29, 0.717) is 5.56 Å². The van der Waals surface area contributed by atoms with Crippen molar-refractivity contribution in [3.8, 4) is 16.8 Å². The molecule has 3 rings (SSSR count). The number of hydrogen-bond donors (Lipinski definition) is 1. The fraction of sp³-hybridized carbons (Fsp3) is 0.118. The predicted molar refractivity (Wildman–Crippen MR) is 81.3 cm³/mol. The summed E-state index contributed by atoms with van der Waals surface area (Å²) in [5.74, 6) is 0. The molecule has 0 atom stereocenters. The number of aromatic nitrogens is 2. The van der Waals surface area contributed by atoms with E-state index in [9.17, 15) is 4.79 Å². The maximum absolute atomic E-state index is 12.5. The number of benzene rings is 2. The topological polar surface area (TPSA) is 37.8 Å². The fourth-order valence-corrected chi connectivity index (χ4v) is 2.30. The molecular formula is C17H16N2O. The van der Waals surface area contributed by atoms with Gasteiger partial charge in [-0.25, -0.2) is 4.68 Å². The number of rotatable bonds is 2. The van der Waals surface area contributed by atoms with Gasteiger partial charge in [0.1, 0.15) is 0 Å². The molecule has 0 saturated heterocycles. The second kappa shape index (κ2) is 4.85. The Hall–Kier alpha value is -2.55. The van der Waals surface area contributed by atoms with E-state index in [4.69, 9.17) is 0 Å². The van der Waals surface area contributed by atoms with Crippen molar-refractivity contribution in [2.24, 2.45) is 0 Å². The second-order valence-electron chi connectivity index (χ2n) is 4.98. The quantitative estimate of drug-likeness (QED) is 0.756. The molecule has 20 heavy (non-hydrogen) atoms. The van der Waals surface area contributed by atoms with E-state index < -0.39 is 0 Å². The van der Waals surface area contributed by atoms with Crippen LogP contribution in [0.1, 0.15) is 11.1 Å². The molecule has 0 amide bonds. The van der Waals surface area contributed by atoms with E-state index in [0.717, 1.165) is 16.8 Å². The lowest BCUT2D eigenvalue weighted by molar-refractivity contribution is 0.843. The number of para-hydroxylation sites is 1. The standard InChI is InChI=1S/C17H16N2O/c1-12-7-9-14(10-8-12)15-11-18-19(17(15)20)16-6-4-3-5-13(16)2/h3-11,18H,1-2H3. The zero-order chi connectivity index (χ0) is 14.1. The Morgan fingerprint density at radius 3 is 2.35 bits per heavy atom. The third kappa shape index (κ3) is 2.07. The Morgan fingerprint density at radius 1 is 0.950 bits per heavy atom. The number of nitrogens with one attached hydrogen (secondary N) is 1. The van der Waals surface area contributed by atoms with Crippen LogP contribution in [0.5, 0.6) is 0 Å². The zero-order valence-electron chi connectivity index (χ0n) is 11.6. The van der Waals surface area contributed by atoms with Gasteiger partial charge in [0.05, 0.1) is 11.3 Å². The van der Waals surface area contributed by atoms with Crippen molar-refractivity contribution >= 4 is 0 Å². The normalized spacial score (nSPS) is 10.7. The molecule has 1 N–H and O–H groups in total. The van der Waals surface area contributed by atoms with Crippen LogP contribution in [0, 0.1) is 13.8 Å². The average molecular weight is 264 g/mol. The SMILES string of the molecule is Cc1ccc(-c2c[nH]n(-c3ccccc3C)c2=O)cc1. The van der Waals surface area contributed by atoms with Crippen molar-refractivity contribution in [3.63, 3.8) is 0 Å². The van der Waals surface area contributed by atoms with Crippen molar-refractivity contribution in [1.29, 1.82) is 0 Å². The number of hydrogen-bond acceptors (Lipinski definition) is 1. The number of aryl methyl sites for hydroxylation is 2. The van der Waals surface area contributed by atoms with Crippen molar-refractivity contribution in [1.82, 2.24) is 9.78 Å². The maximum Gasteiger partial charge on any atom is 0.279 e. The molecule has 0 radical (unpaired) electrons. The molecule has 1 aromatic heterocycles. The average Bonchev–Trinajstić information content (AvgIpc) is 2.82. The molecule has 0 aliphatic rings. The molecule has 3 aromatic rings. The van der Waals surface area contributed by atoms with Gasteiger partial charge in [-0.2, -0.15) is 0 Å². The zero-order valence-corrected chi connectivity index (χ0v) is 11.6. The van der Waals surface area contributed by atoms with Crippen LogP contribution in [0.3, 0.4) is 0 Å². The Kier molecular flexibility index (Phi) is 3.03. The van der Waals surface area contributed by atoms with Crippen molar-refractivity contribution in [3.05, 3.63) is 76.2 Å². The van der Waals surface area contributed by atoms with Crippen LogP contribution in [0.4, 0.5) is 0 Å². The summed E-state index contributed by atoms with van der Waals surface area (Å²) in [6.07, 6.45) is 1.76. The van der Waals surface area contributed by atoms with Crippen molar-refractivity contribution < 1.29 is 0 Å². The first kappa shape index (κ1) is 12.5. The largest absolute Gasteiger partial charge is 0.298 e. The van der Waals surface area contributed by atoms with Gasteiger partial charge in [-0.1, -0.05) is 48.0 Å². The first-order valence-electron chi connectivity index (χ1n) is 6.60. The Bertz CT molecular complexity index is 794. The fourth-order valence-electron chi connectivity index (χ4n) is 2.30. The second-order valence-corrected chi connectivity index (χ2v) is 4.98. The van der Waals surface area contributed by atoms with Crippen LogP contribution < -0.4 is 5.56 Å². The van der Waals surface area contributed by atoms with Gasteiger partial charge in [-0.05, 0) is 31.0 Å². The van der Waals surface area contributed by atoms with Gasteiger partial charge in [0.15, 0.2) is 0 Å². The molecule has 1 heterocycles. The van der Waals surface area contributed by atoms with Gasteiger partial charge in [-0.3, -0.25) is 9.89 Å². The Morgan fingerprint density at radius 2 is 1.65 bits per heavy atom. The molecule has 0 spiro atoms. The van der Waals surface area contributed by atoms with Gasteiger partial charge in [0.25, 0.3) is 5.56 Å². The molecule has 2 aromatic carbocycles. The summed E-state index contributed by atoms with van der Waals surface area (Å²) in [5.41, 5.74) is 4.73. The van der Waals surface area contributed by atoms with Crippen LogP contribution in [-0.4, -0.2) is 9.78 Å². The number of aromatic amines is 1. The van der Waals surface area contributed by atoms with E-state index in [2.05, 4.69) is 5.10 Å². The highest BCUT2D eigenvalue weighted by Gasteiger charge is 2.10. The van der Waals surface area contributed by atoms with E-state index >= 15 is 0 Å². The number of nitrogens with zero attached hydrogens (tertiary/aromatic N) is 1. The summed E-state index contributed by atoms with van der Waals surface area (Å²) in [6, 6.07) is 15.8. The van der Waals surface area contributed by atoms with Crippen LogP contribution in [0.2, 0.25) is 0 Å². The van der Waals surface area contributed by atoms with Gasteiger partial charge in [-0.15, -0.1) is 0 Å². The minimum Gasteiger partial charge on any atom is -0.298 e. The minimum absolute atomic E-state index is 0.0249. The Balaban J connectivity index is 2.12. The van der Waals surface area contributed by atoms with E-state index in [1.54, 1.807) is 10.9 Å². The predicted octanol–water partition coefficient (Wildman–Crippen LogP) is 3.45. The molecule has 3 heteroatoms. The van der Waals surface area contributed by atoms with Crippen molar-refractivity contribution in [2.75, 3.05) is 0 Å². The molecule has 3 nitrogen and oxygen atoms in total. The highest BCUT2D eigenvalue weighted by molar-refractivity contribution is 5.62. The van der Waals surface area contributed by atoms with Crippen LogP contribution in [-0.2, 0) is 0 Å². The van der Waals surface area contributed by atoms with E-state index in [1.165, 1.54) is 5.56 Å². The lowest BCUT2D eigenvalue weighted by Crippen LogP contribution is -2.16. The number of H-pyrrole nitrogens is 1. The summed E-state index contributed by atoms with van der Waals surface area (Å²) in [6.45, 7) is 4.03. The lowest BCUT2D eigenvalue weighted by atomic mass is 10.1. The molecule has 0 bridgehead atoms. The molecule has 0 saturated carbocycles.